The average Bonchev–Trinajstić information content (AvgIpc) is 2.68. The summed E-state index contributed by atoms with van der Waals surface area (Å²) in [6.07, 6.45) is -0.422. The molecule has 0 bridgehead atoms. The molecule has 2 atom stereocenters. The molecule has 88 valence electrons. The average molecular weight is 232 g/mol. The molecule has 0 unspecified atom stereocenters. The molecule has 1 aliphatic rings. The molecule has 6 nitrogen and oxygen atoms in total. The first kappa shape index (κ1) is 11.3. The van der Waals surface area contributed by atoms with Crippen molar-refractivity contribution < 1.29 is 9.53 Å². The molecule has 0 aromatic heterocycles. The Bertz CT molecular complexity index is 482. The van der Waals surface area contributed by atoms with Crippen LogP contribution in [0, 0.1) is 0 Å². The van der Waals surface area contributed by atoms with Crippen LogP contribution in [0.15, 0.2) is 29.4 Å². The Balaban J connectivity index is 2.30. The van der Waals surface area contributed by atoms with Crippen LogP contribution in [0.3, 0.4) is 0 Å². The lowest BCUT2D eigenvalue weighted by molar-refractivity contribution is 0.0906. The number of hydrogen-bond donors (Lipinski definition) is 1. The number of ether oxygens (including phenoxy) is 1. The van der Waals surface area contributed by atoms with Crippen LogP contribution < -0.4 is 5.32 Å². The maximum Gasteiger partial charge on any atom is 0.407 e. The van der Waals surface area contributed by atoms with Gasteiger partial charge in [-0.25, -0.2) is 4.79 Å². The summed E-state index contributed by atoms with van der Waals surface area (Å²) in [6, 6.07) is 7.25. The van der Waals surface area contributed by atoms with Crippen molar-refractivity contribution in [1.29, 1.82) is 0 Å². The molecule has 1 aliphatic carbocycles. The molecule has 0 aliphatic heterocycles. The number of carbonyl (C=O) groups excluding carboxylic acids is 1. The summed E-state index contributed by atoms with van der Waals surface area (Å²) in [5, 5.41) is 6.07. The second-order valence-corrected chi connectivity index (χ2v) is 3.75. The SMILES string of the molecule is CNC(=O)O[C@@H]1c2ccccc2C[C@H]1N=[N+]=[N-]. The third kappa shape index (κ3) is 2.16. The van der Waals surface area contributed by atoms with Crippen molar-refractivity contribution in [3.63, 3.8) is 0 Å². The maximum absolute atomic E-state index is 11.3. The first-order valence-electron chi connectivity index (χ1n) is 5.26. The molecule has 0 saturated heterocycles. The summed E-state index contributed by atoms with van der Waals surface area (Å²) in [4.78, 5) is 14.1. The highest BCUT2D eigenvalue weighted by molar-refractivity contribution is 5.67. The van der Waals surface area contributed by atoms with Crippen LogP contribution in [-0.2, 0) is 11.2 Å². The van der Waals surface area contributed by atoms with E-state index in [0.717, 1.165) is 11.1 Å². The van der Waals surface area contributed by atoms with Crippen molar-refractivity contribution in [3.8, 4) is 0 Å². The fourth-order valence-corrected chi connectivity index (χ4v) is 2.02. The summed E-state index contributed by atoms with van der Waals surface area (Å²) in [6.45, 7) is 0. The van der Waals surface area contributed by atoms with Crippen molar-refractivity contribution in [2.24, 2.45) is 5.11 Å². The van der Waals surface area contributed by atoms with Gasteiger partial charge in [0.2, 0.25) is 0 Å². The molecule has 1 aromatic rings. The van der Waals surface area contributed by atoms with E-state index >= 15 is 0 Å². The molecule has 0 fully saturated rings. The van der Waals surface area contributed by atoms with Gasteiger partial charge in [-0.2, -0.15) is 0 Å². The van der Waals surface area contributed by atoms with E-state index in [2.05, 4.69) is 15.3 Å². The number of nitrogens with zero attached hydrogens (tertiary/aromatic N) is 3. The number of fused-ring (bicyclic) bond motifs is 1. The summed E-state index contributed by atoms with van der Waals surface area (Å²) < 4.78 is 5.24. The molecule has 0 spiro atoms. The summed E-state index contributed by atoms with van der Waals surface area (Å²) >= 11 is 0. The highest BCUT2D eigenvalue weighted by Gasteiger charge is 2.34. The molecular formula is C11H12N4O2. The number of benzene rings is 1. The molecular weight excluding hydrogens is 220 g/mol. The van der Waals surface area contributed by atoms with Crippen molar-refractivity contribution in [1.82, 2.24) is 5.32 Å². The second kappa shape index (κ2) is 4.76. The Hall–Kier alpha value is -2.20. The fraction of sp³-hybridized carbons (Fsp3) is 0.364. The predicted molar refractivity (Wildman–Crippen MR) is 61.4 cm³/mol. The molecule has 2 rings (SSSR count). The minimum atomic E-state index is -0.523. The summed E-state index contributed by atoms with van der Waals surface area (Å²) in [5.41, 5.74) is 10.5. The molecule has 0 heterocycles. The first-order valence-corrected chi connectivity index (χ1v) is 5.26. The number of hydrogen-bond acceptors (Lipinski definition) is 3. The zero-order chi connectivity index (χ0) is 12.3. The van der Waals surface area contributed by atoms with E-state index < -0.39 is 12.2 Å². The van der Waals surface area contributed by atoms with Crippen molar-refractivity contribution >= 4 is 6.09 Å². The van der Waals surface area contributed by atoms with Crippen molar-refractivity contribution in [3.05, 3.63) is 45.8 Å². The number of nitrogens with one attached hydrogen (secondary N) is 1. The zero-order valence-corrected chi connectivity index (χ0v) is 9.33. The van der Waals surface area contributed by atoms with Gasteiger partial charge in [0.05, 0.1) is 6.04 Å². The van der Waals surface area contributed by atoms with E-state index in [0.29, 0.717) is 6.42 Å². The van der Waals surface area contributed by atoms with Gasteiger partial charge in [-0.05, 0) is 23.1 Å². The molecule has 0 saturated carbocycles. The number of carbonyl (C=O) groups is 1. The Morgan fingerprint density at radius 3 is 3.06 bits per heavy atom. The minimum absolute atomic E-state index is 0.366. The van der Waals surface area contributed by atoms with Gasteiger partial charge in [0.25, 0.3) is 0 Å². The molecule has 6 heteroatoms. The third-order valence-electron chi connectivity index (χ3n) is 2.78. The van der Waals surface area contributed by atoms with E-state index in [4.69, 9.17) is 10.3 Å². The lowest BCUT2D eigenvalue weighted by Gasteiger charge is -2.16. The van der Waals surface area contributed by atoms with E-state index in [1.807, 2.05) is 24.3 Å². The quantitative estimate of drug-likeness (QED) is 0.481. The minimum Gasteiger partial charge on any atom is -0.441 e. The van der Waals surface area contributed by atoms with E-state index in [1.54, 1.807) is 0 Å². The highest BCUT2D eigenvalue weighted by Crippen LogP contribution is 2.36. The Morgan fingerprint density at radius 2 is 2.35 bits per heavy atom. The van der Waals surface area contributed by atoms with Crippen LogP contribution in [-0.4, -0.2) is 19.2 Å². The van der Waals surface area contributed by atoms with Gasteiger partial charge in [-0.3, -0.25) is 0 Å². The van der Waals surface area contributed by atoms with E-state index in [1.165, 1.54) is 7.05 Å². The lowest BCUT2D eigenvalue weighted by atomic mass is 10.1. The molecule has 1 aromatic carbocycles. The Morgan fingerprint density at radius 1 is 1.59 bits per heavy atom. The third-order valence-corrected chi connectivity index (χ3v) is 2.78. The Labute approximate surface area is 98.2 Å². The smallest absolute Gasteiger partial charge is 0.407 e. The van der Waals surface area contributed by atoms with Gasteiger partial charge in [0, 0.05) is 12.0 Å². The van der Waals surface area contributed by atoms with Gasteiger partial charge in [0.1, 0.15) is 6.10 Å². The monoisotopic (exact) mass is 232 g/mol. The van der Waals surface area contributed by atoms with E-state index in [9.17, 15) is 4.79 Å². The van der Waals surface area contributed by atoms with Crippen molar-refractivity contribution in [2.45, 2.75) is 18.6 Å². The van der Waals surface area contributed by atoms with Gasteiger partial charge < -0.3 is 10.1 Å². The summed E-state index contributed by atoms with van der Waals surface area (Å²) in [5.74, 6) is 0. The maximum atomic E-state index is 11.3. The van der Waals surface area contributed by atoms with Crippen LogP contribution in [0.5, 0.6) is 0 Å². The number of azide groups is 1. The number of rotatable bonds is 2. The molecule has 1 amide bonds. The largest absolute Gasteiger partial charge is 0.441 e. The van der Waals surface area contributed by atoms with E-state index in [-0.39, 0.29) is 6.04 Å². The zero-order valence-electron chi connectivity index (χ0n) is 9.33. The van der Waals surface area contributed by atoms with Crippen LogP contribution >= 0.6 is 0 Å². The van der Waals surface area contributed by atoms with Crippen LogP contribution in [0.1, 0.15) is 17.2 Å². The summed E-state index contributed by atoms with van der Waals surface area (Å²) in [7, 11) is 1.49. The molecule has 1 N–H and O–H groups in total. The highest BCUT2D eigenvalue weighted by atomic mass is 16.6. The standard InChI is InChI=1S/C11H12N4O2/c1-13-11(16)17-10-8-5-3-2-4-7(8)6-9(10)14-15-12/h2-5,9-10H,6H2,1H3,(H,13,16)/t9-,10-/m1/s1. The van der Waals surface area contributed by atoms with Gasteiger partial charge >= 0.3 is 6.09 Å². The van der Waals surface area contributed by atoms with Crippen LogP contribution in [0.2, 0.25) is 0 Å². The van der Waals surface area contributed by atoms with Crippen LogP contribution in [0.4, 0.5) is 4.79 Å². The number of amides is 1. The van der Waals surface area contributed by atoms with Gasteiger partial charge in [-0.15, -0.1) is 0 Å². The molecule has 0 radical (unpaired) electrons. The van der Waals surface area contributed by atoms with Gasteiger partial charge in [0.15, 0.2) is 0 Å². The van der Waals surface area contributed by atoms with Crippen LogP contribution in [0.25, 0.3) is 10.4 Å². The lowest BCUT2D eigenvalue weighted by Crippen LogP contribution is -2.25. The molecule has 17 heavy (non-hydrogen) atoms. The predicted octanol–water partition coefficient (Wildman–Crippen LogP) is 2.32. The normalized spacial score (nSPS) is 21.2. The fourth-order valence-electron chi connectivity index (χ4n) is 2.02. The van der Waals surface area contributed by atoms with Crippen molar-refractivity contribution in [2.75, 3.05) is 7.05 Å². The number of alkyl carbamates (subject to hydrolysis) is 1. The van der Waals surface area contributed by atoms with Gasteiger partial charge in [-0.1, -0.05) is 29.4 Å². The second-order valence-electron chi connectivity index (χ2n) is 3.75. The Kier molecular flexibility index (Phi) is 3.16. The topological polar surface area (TPSA) is 87.1 Å². The first-order chi connectivity index (χ1) is 8.26.